The summed E-state index contributed by atoms with van der Waals surface area (Å²) >= 11 is 1.73. The molecule has 0 unspecified atom stereocenters. The maximum absolute atomic E-state index is 13.0. The molecule has 1 fully saturated rings. The first-order valence-electron chi connectivity index (χ1n) is 9.77. The largest absolute Gasteiger partial charge is 0.468 e. The smallest absolute Gasteiger partial charge is 0.243 e. The van der Waals surface area contributed by atoms with E-state index in [2.05, 4.69) is 11.5 Å². The molecule has 4 rings (SSSR count). The van der Waals surface area contributed by atoms with Crippen molar-refractivity contribution in [2.24, 2.45) is 0 Å². The van der Waals surface area contributed by atoms with Crippen LogP contribution in [0.3, 0.4) is 0 Å². The van der Waals surface area contributed by atoms with E-state index in [-0.39, 0.29) is 0 Å². The minimum Gasteiger partial charge on any atom is -0.468 e. The van der Waals surface area contributed by atoms with Gasteiger partial charge in [-0.25, -0.2) is 13.4 Å². The maximum atomic E-state index is 13.0. The van der Waals surface area contributed by atoms with Gasteiger partial charge < -0.3 is 13.7 Å². The lowest BCUT2D eigenvalue weighted by molar-refractivity contribution is 0.0730. The van der Waals surface area contributed by atoms with Gasteiger partial charge in [-0.05, 0) is 36.8 Å². The number of furan rings is 1. The van der Waals surface area contributed by atoms with Gasteiger partial charge in [0.1, 0.15) is 11.6 Å². The van der Waals surface area contributed by atoms with Crippen LogP contribution in [0.4, 0.5) is 0 Å². The number of morpholine rings is 1. The van der Waals surface area contributed by atoms with E-state index in [0.717, 1.165) is 47.1 Å². The molecule has 7 nitrogen and oxygen atoms in total. The van der Waals surface area contributed by atoms with E-state index < -0.39 is 10.0 Å². The Hall–Kier alpha value is -1.81. The minimum absolute atomic E-state index is 0.294. The van der Waals surface area contributed by atoms with Crippen LogP contribution in [0, 0.1) is 0 Å². The van der Waals surface area contributed by atoms with Gasteiger partial charge in [-0.15, -0.1) is 11.8 Å². The summed E-state index contributed by atoms with van der Waals surface area (Å²) in [6.45, 7) is 4.62. The molecule has 0 amide bonds. The Labute approximate surface area is 175 Å². The number of hydrogen-bond donors (Lipinski definition) is 0. The molecule has 0 atom stereocenters. The van der Waals surface area contributed by atoms with E-state index in [1.54, 1.807) is 30.2 Å². The third-order valence-corrected chi connectivity index (χ3v) is 7.75. The Morgan fingerprint density at radius 2 is 2.00 bits per heavy atom. The number of imidazole rings is 1. The van der Waals surface area contributed by atoms with Crippen LogP contribution in [0.15, 0.2) is 45.9 Å². The maximum Gasteiger partial charge on any atom is 0.243 e. The number of aryl methyl sites for hydroxylation is 1. The lowest BCUT2D eigenvalue weighted by atomic mass is 10.3. The standard InChI is InChI=1S/C20H25N3O4S2/c1-2-7-23-19-6-5-17(29(24,25)22-8-11-26-12-9-22)13-18(19)21-20(23)15-28-14-16-4-3-10-27-16/h3-6,10,13H,2,7-9,11-12,14-15H2,1H3. The Balaban J connectivity index is 1.60. The fourth-order valence-corrected chi connectivity index (χ4v) is 5.78. The molecule has 3 aromatic rings. The van der Waals surface area contributed by atoms with E-state index >= 15 is 0 Å². The molecule has 9 heteroatoms. The molecule has 0 radical (unpaired) electrons. The summed E-state index contributed by atoms with van der Waals surface area (Å²) in [7, 11) is -3.53. The zero-order chi connectivity index (χ0) is 20.3. The van der Waals surface area contributed by atoms with Crippen molar-refractivity contribution in [3.05, 3.63) is 48.2 Å². The first kappa shape index (κ1) is 20.5. The van der Waals surface area contributed by atoms with Gasteiger partial charge >= 0.3 is 0 Å². The summed E-state index contributed by atoms with van der Waals surface area (Å²) in [4.78, 5) is 5.07. The third kappa shape index (κ3) is 4.37. The zero-order valence-electron chi connectivity index (χ0n) is 16.4. The second-order valence-corrected chi connectivity index (χ2v) is 9.84. The molecule has 1 saturated heterocycles. The van der Waals surface area contributed by atoms with Gasteiger partial charge in [0.05, 0.1) is 46.9 Å². The molecule has 1 aliphatic heterocycles. The summed E-state index contributed by atoms with van der Waals surface area (Å²) in [6, 6.07) is 9.13. The van der Waals surface area contributed by atoms with Gasteiger partial charge in [0, 0.05) is 19.6 Å². The highest BCUT2D eigenvalue weighted by Crippen LogP contribution is 2.26. The van der Waals surface area contributed by atoms with Gasteiger partial charge in [0.25, 0.3) is 0 Å². The van der Waals surface area contributed by atoms with Gasteiger partial charge in [0.15, 0.2) is 0 Å². The van der Waals surface area contributed by atoms with Crippen LogP contribution >= 0.6 is 11.8 Å². The van der Waals surface area contributed by atoms with Crippen molar-refractivity contribution in [2.45, 2.75) is 36.3 Å². The van der Waals surface area contributed by atoms with Crippen LogP contribution in [0.25, 0.3) is 11.0 Å². The van der Waals surface area contributed by atoms with Crippen LogP contribution in [-0.4, -0.2) is 48.6 Å². The van der Waals surface area contributed by atoms with Crippen LogP contribution in [0.1, 0.15) is 24.9 Å². The van der Waals surface area contributed by atoms with Crippen molar-refractivity contribution in [1.29, 1.82) is 0 Å². The van der Waals surface area contributed by atoms with E-state index in [1.165, 1.54) is 4.31 Å². The molecule has 0 N–H and O–H groups in total. The molecule has 156 valence electrons. The predicted molar refractivity (Wildman–Crippen MR) is 113 cm³/mol. The number of fused-ring (bicyclic) bond motifs is 1. The Morgan fingerprint density at radius 1 is 1.17 bits per heavy atom. The number of ether oxygens (including phenoxy) is 1. The molecule has 0 saturated carbocycles. The zero-order valence-corrected chi connectivity index (χ0v) is 18.0. The molecular formula is C20H25N3O4S2. The number of thioether (sulfide) groups is 1. The van der Waals surface area contributed by atoms with Crippen molar-refractivity contribution < 1.29 is 17.6 Å². The van der Waals surface area contributed by atoms with Crippen molar-refractivity contribution >= 4 is 32.8 Å². The fraction of sp³-hybridized carbons (Fsp3) is 0.450. The lowest BCUT2D eigenvalue weighted by Gasteiger charge is -2.26. The number of nitrogens with zero attached hydrogens (tertiary/aromatic N) is 3. The number of benzene rings is 1. The normalized spacial score (nSPS) is 15.9. The summed E-state index contributed by atoms with van der Waals surface area (Å²) in [5.74, 6) is 3.41. The molecule has 3 heterocycles. The third-order valence-electron chi connectivity index (χ3n) is 4.91. The summed E-state index contributed by atoms with van der Waals surface area (Å²) < 4.78 is 40.3. The van der Waals surface area contributed by atoms with Gasteiger partial charge in [-0.2, -0.15) is 4.31 Å². The van der Waals surface area contributed by atoms with Crippen LogP contribution in [0.2, 0.25) is 0 Å². The average molecular weight is 436 g/mol. The van der Waals surface area contributed by atoms with Crippen molar-refractivity contribution in [3.63, 3.8) is 0 Å². The number of sulfonamides is 1. The first-order valence-corrected chi connectivity index (χ1v) is 12.4. The second kappa shape index (κ2) is 8.91. The summed E-state index contributed by atoms with van der Waals surface area (Å²) in [5, 5.41) is 0. The molecule has 2 aromatic heterocycles. The van der Waals surface area contributed by atoms with Crippen LogP contribution in [-0.2, 0) is 32.8 Å². The summed E-state index contributed by atoms with van der Waals surface area (Å²) in [6.07, 6.45) is 2.66. The number of aromatic nitrogens is 2. The molecule has 1 aliphatic rings. The molecule has 29 heavy (non-hydrogen) atoms. The highest BCUT2D eigenvalue weighted by Gasteiger charge is 2.27. The predicted octanol–water partition coefficient (Wildman–Crippen LogP) is 3.49. The van der Waals surface area contributed by atoms with E-state index in [0.29, 0.717) is 31.2 Å². The van der Waals surface area contributed by atoms with E-state index in [1.807, 2.05) is 18.2 Å². The van der Waals surface area contributed by atoms with Crippen LogP contribution in [0.5, 0.6) is 0 Å². The number of rotatable bonds is 8. The van der Waals surface area contributed by atoms with Crippen molar-refractivity contribution in [2.75, 3.05) is 26.3 Å². The van der Waals surface area contributed by atoms with Crippen LogP contribution < -0.4 is 0 Å². The van der Waals surface area contributed by atoms with Gasteiger partial charge in [0.2, 0.25) is 10.0 Å². The Bertz CT molecular complexity index is 1060. The highest BCUT2D eigenvalue weighted by molar-refractivity contribution is 7.97. The topological polar surface area (TPSA) is 77.6 Å². The second-order valence-electron chi connectivity index (χ2n) is 6.92. The SMILES string of the molecule is CCCn1c(CSCc2ccco2)nc2cc(S(=O)(=O)N3CCOCC3)ccc21. The Morgan fingerprint density at radius 3 is 2.72 bits per heavy atom. The molecule has 0 bridgehead atoms. The molecule has 0 spiro atoms. The highest BCUT2D eigenvalue weighted by atomic mass is 32.2. The molecule has 0 aliphatic carbocycles. The Kier molecular flexibility index (Phi) is 6.29. The monoisotopic (exact) mass is 435 g/mol. The fourth-order valence-electron chi connectivity index (χ4n) is 3.48. The van der Waals surface area contributed by atoms with E-state index in [4.69, 9.17) is 14.1 Å². The molecule has 1 aromatic carbocycles. The quantitative estimate of drug-likeness (QED) is 0.539. The van der Waals surface area contributed by atoms with Crippen molar-refractivity contribution in [3.8, 4) is 0 Å². The number of hydrogen-bond acceptors (Lipinski definition) is 6. The summed E-state index contributed by atoms with van der Waals surface area (Å²) in [5.41, 5.74) is 1.70. The van der Waals surface area contributed by atoms with Crippen molar-refractivity contribution in [1.82, 2.24) is 13.9 Å². The van der Waals surface area contributed by atoms with Gasteiger partial charge in [-0.1, -0.05) is 6.92 Å². The molecular weight excluding hydrogens is 410 g/mol. The van der Waals surface area contributed by atoms with E-state index in [9.17, 15) is 8.42 Å². The van der Waals surface area contributed by atoms with Gasteiger partial charge in [-0.3, -0.25) is 0 Å². The first-order chi connectivity index (χ1) is 14.1. The minimum atomic E-state index is -3.53. The lowest BCUT2D eigenvalue weighted by Crippen LogP contribution is -2.40. The average Bonchev–Trinajstić information content (AvgIpc) is 3.37.